The van der Waals surface area contributed by atoms with Crippen molar-refractivity contribution >= 4 is 33.0 Å². The van der Waals surface area contributed by atoms with Gasteiger partial charge in [-0.2, -0.15) is 4.31 Å². The Kier molecular flexibility index (Phi) is 5.56. The number of piperidine rings is 1. The smallest absolute Gasteiger partial charge is 0.236 e. The molecule has 0 bridgehead atoms. The Balaban J connectivity index is 1.63. The standard InChI is InChI=1S/C21H21ClN2O2S2/c1-15-4-3-11-24(13-15)28(25,26)19-6-2-5-17(12-19)20-14-27-21(23-20)16-7-9-18(22)10-8-16/h2,5-10,12,14-15H,3-4,11,13H2,1H3. The Bertz CT molecular complexity index is 1080. The molecule has 7 heteroatoms. The highest BCUT2D eigenvalue weighted by atomic mass is 35.5. The molecule has 4 nitrogen and oxygen atoms in total. The lowest BCUT2D eigenvalue weighted by atomic mass is 10.0. The fourth-order valence-electron chi connectivity index (χ4n) is 3.46. The molecule has 0 spiro atoms. The molecular formula is C21H21ClN2O2S2. The highest BCUT2D eigenvalue weighted by Gasteiger charge is 2.28. The fourth-order valence-corrected chi connectivity index (χ4v) is 6.07. The largest absolute Gasteiger partial charge is 0.243 e. The van der Waals surface area contributed by atoms with E-state index in [0.717, 1.165) is 34.7 Å². The van der Waals surface area contributed by atoms with Crippen LogP contribution in [0, 0.1) is 5.92 Å². The minimum absolute atomic E-state index is 0.333. The molecule has 2 aromatic carbocycles. The molecule has 1 unspecified atom stereocenters. The third kappa shape index (κ3) is 4.01. The maximum absolute atomic E-state index is 13.1. The van der Waals surface area contributed by atoms with E-state index < -0.39 is 10.0 Å². The lowest BCUT2D eigenvalue weighted by Crippen LogP contribution is -2.39. The molecule has 146 valence electrons. The van der Waals surface area contributed by atoms with Crippen molar-refractivity contribution in [3.05, 3.63) is 58.9 Å². The molecule has 1 atom stereocenters. The third-order valence-electron chi connectivity index (χ3n) is 4.98. The number of nitrogens with zero attached hydrogens (tertiary/aromatic N) is 2. The first-order valence-electron chi connectivity index (χ1n) is 9.25. The second-order valence-corrected chi connectivity index (χ2v) is 10.4. The summed E-state index contributed by atoms with van der Waals surface area (Å²) in [5.41, 5.74) is 2.58. The molecule has 2 heterocycles. The molecule has 1 saturated heterocycles. The molecule has 0 N–H and O–H groups in total. The van der Waals surface area contributed by atoms with Crippen LogP contribution in [0.2, 0.25) is 5.02 Å². The van der Waals surface area contributed by atoms with Gasteiger partial charge in [-0.05, 0) is 43.0 Å². The minimum Gasteiger partial charge on any atom is -0.236 e. The number of aromatic nitrogens is 1. The average Bonchev–Trinajstić information content (AvgIpc) is 3.19. The van der Waals surface area contributed by atoms with Gasteiger partial charge in [0.1, 0.15) is 5.01 Å². The van der Waals surface area contributed by atoms with Crippen LogP contribution in [-0.2, 0) is 10.0 Å². The SMILES string of the molecule is CC1CCCN(S(=O)(=O)c2cccc(-c3csc(-c4ccc(Cl)cc4)n3)c2)C1. The summed E-state index contributed by atoms with van der Waals surface area (Å²) in [4.78, 5) is 5.03. The normalized spacial score (nSPS) is 18.3. The van der Waals surface area contributed by atoms with Crippen LogP contribution in [-0.4, -0.2) is 30.8 Å². The van der Waals surface area contributed by atoms with E-state index in [0.29, 0.717) is 28.9 Å². The van der Waals surface area contributed by atoms with Crippen LogP contribution >= 0.6 is 22.9 Å². The summed E-state index contributed by atoms with van der Waals surface area (Å²) in [5.74, 6) is 0.396. The van der Waals surface area contributed by atoms with Gasteiger partial charge in [0.25, 0.3) is 0 Å². The van der Waals surface area contributed by atoms with Gasteiger partial charge in [0.05, 0.1) is 10.6 Å². The summed E-state index contributed by atoms with van der Waals surface area (Å²) in [6.07, 6.45) is 2.00. The van der Waals surface area contributed by atoms with Crippen LogP contribution in [0.25, 0.3) is 21.8 Å². The fraction of sp³-hybridized carbons (Fsp3) is 0.286. The first-order chi connectivity index (χ1) is 13.4. The van der Waals surface area contributed by atoms with Crippen LogP contribution in [0.4, 0.5) is 0 Å². The van der Waals surface area contributed by atoms with Crippen molar-refractivity contribution in [3.63, 3.8) is 0 Å². The van der Waals surface area contributed by atoms with Crippen molar-refractivity contribution in [2.24, 2.45) is 5.92 Å². The predicted octanol–water partition coefficient (Wildman–Crippen LogP) is 5.55. The second-order valence-electron chi connectivity index (χ2n) is 7.18. The first-order valence-corrected chi connectivity index (χ1v) is 12.0. The summed E-state index contributed by atoms with van der Waals surface area (Å²) >= 11 is 7.49. The lowest BCUT2D eigenvalue weighted by molar-refractivity contribution is 0.281. The van der Waals surface area contributed by atoms with Gasteiger partial charge in [-0.3, -0.25) is 0 Å². The average molecular weight is 433 g/mol. The van der Waals surface area contributed by atoms with Gasteiger partial charge in [-0.25, -0.2) is 13.4 Å². The zero-order valence-electron chi connectivity index (χ0n) is 15.5. The minimum atomic E-state index is -3.48. The van der Waals surface area contributed by atoms with Gasteiger partial charge < -0.3 is 0 Å². The number of hydrogen-bond acceptors (Lipinski definition) is 4. The van der Waals surface area contributed by atoms with E-state index in [4.69, 9.17) is 16.6 Å². The third-order valence-corrected chi connectivity index (χ3v) is 7.99. The van der Waals surface area contributed by atoms with E-state index in [-0.39, 0.29) is 0 Å². The van der Waals surface area contributed by atoms with Crippen molar-refractivity contribution in [3.8, 4) is 21.8 Å². The number of hydrogen-bond donors (Lipinski definition) is 0. The Morgan fingerprint density at radius 1 is 1.14 bits per heavy atom. The molecule has 1 aliphatic heterocycles. The first kappa shape index (κ1) is 19.6. The van der Waals surface area contributed by atoms with Crippen LogP contribution in [0.15, 0.2) is 58.8 Å². The molecule has 1 fully saturated rings. The van der Waals surface area contributed by atoms with Crippen molar-refractivity contribution in [2.75, 3.05) is 13.1 Å². The molecule has 0 radical (unpaired) electrons. The molecule has 1 aromatic heterocycles. The monoisotopic (exact) mass is 432 g/mol. The van der Waals surface area contributed by atoms with Crippen LogP contribution < -0.4 is 0 Å². The summed E-state index contributed by atoms with van der Waals surface area (Å²) in [5, 5.41) is 3.52. The molecule has 0 amide bonds. The molecular weight excluding hydrogens is 412 g/mol. The van der Waals surface area contributed by atoms with E-state index in [2.05, 4.69) is 6.92 Å². The maximum atomic E-state index is 13.1. The summed E-state index contributed by atoms with van der Waals surface area (Å²) in [6, 6.07) is 14.6. The highest BCUT2D eigenvalue weighted by Crippen LogP contribution is 2.31. The zero-order valence-corrected chi connectivity index (χ0v) is 17.9. The van der Waals surface area contributed by atoms with Gasteiger partial charge >= 0.3 is 0 Å². The summed E-state index contributed by atoms with van der Waals surface area (Å²) < 4.78 is 27.8. The Hall–Kier alpha value is -1.73. The number of rotatable bonds is 4. The van der Waals surface area contributed by atoms with Crippen LogP contribution in [0.1, 0.15) is 19.8 Å². The maximum Gasteiger partial charge on any atom is 0.243 e. The van der Waals surface area contributed by atoms with Crippen molar-refractivity contribution in [1.29, 1.82) is 0 Å². The van der Waals surface area contributed by atoms with Gasteiger partial charge in [0.2, 0.25) is 10.0 Å². The molecule has 0 saturated carbocycles. The lowest BCUT2D eigenvalue weighted by Gasteiger charge is -2.30. The Morgan fingerprint density at radius 2 is 1.93 bits per heavy atom. The van der Waals surface area contributed by atoms with Gasteiger partial charge in [-0.1, -0.05) is 42.8 Å². The van der Waals surface area contributed by atoms with E-state index in [9.17, 15) is 8.42 Å². The molecule has 0 aliphatic carbocycles. The van der Waals surface area contributed by atoms with Crippen molar-refractivity contribution < 1.29 is 8.42 Å². The molecule has 3 aromatic rings. The topological polar surface area (TPSA) is 50.3 Å². The Morgan fingerprint density at radius 3 is 2.68 bits per heavy atom. The van der Waals surface area contributed by atoms with E-state index in [1.165, 1.54) is 11.3 Å². The number of thiazole rings is 1. The van der Waals surface area contributed by atoms with E-state index >= 15 is 0 Å². The van der Waals surface area contributed by atoms with Crippen molar-refractivity contribution in [2.45, 2.75) is 24.7 Å². The van der Waals surface area contributed by atoms with Gasteiger partial charge in [-0.15, -0.1) is 11.3 Å². The predicted molar refractivity (Wildman–Crippen MR) is 115 cm³/mol. The van der Waals surface area contributed by atoms with Gasteiger partial charge in [0, 0.05) is 34.6 Å². The van der Waals surface area contributed by atoms with Crippen LogP contribution in [0.3, 0.4) is 0 Å². The van der Waals surface area contributed by atoms with Crippen LogP contribution in [0.5, 0.6) is 0 Å². The van der Waals surface area contributed by atoms with Gasteiger partial charge in [0.15, 0.2) is 0 Å². The highest BCUT2D eigenvalue weighted by molar-refractivity contribution is 7.89. The van der Waals surface area contributed by atoms with Crippen molar-refractivity contribution in [1.82, 2.24) is 9.29 Å². The number of sulfonamides is 1. The molecule has 28 heavy (non-hydrogen) atoms. The number of benzene rings is 2. The summed E-state index contributed by atoms with van der Waals surface area (Å²) in [7, 11) is -3.48. The number of halogens is 1. The quantitative estimate of drug-likeness (QED) is 0.543. The second kappa shape index (κ2) is 7.95. The molecule has 4 rings (SSSR count). The molecule has 1 aliphatic rings. The summed E-state index contributed by atoms with van der Waals surface area (Å²) in [6.45, 7) is 3.28. The Labute approximate surface area is 174 Å². The van der Waals surface area contributed by atoms with E-state index in [1.54, 1.807) is 22.5 Å². The van der Waals surface area contributed by atoms with E-state index in [1.807, 2.05) is 35.7 Å². The zero-order chi connectivity index (χ0) is 19.7.